The van der Waals surface area contributed by atoms with Gasteiger partial charge in [-0.05, 0) is 24.6 Å². The summed E-state index contributed by atoms with van der Waals surface area (Å²) in [6, 6.07) is 7.97. The quantitative estimate of drug-likeness (QED) is 0.385. The van der Waals surface area contributed by atoms with Crippen molar-refractivity contribution in [3.8, 4) is 0 Å². The van der Waals surface area contributed by atoms with Crippen LogP contribution in [0, 0.1) is 6.92 Å². The van der Waals surface area contributed by atoms with Crippen molar-refractivity contribution in [2.75, 3.05) is 5.43 Å². The van der Waals surface area contributed by atoms with Crippen LogP contribution < -0.4 is 10.9 Å². The van der Waals surface area contributed by atoms with Gasteiger partial charge in [0.15, 0.2) is 0 Å². The van der Waals surface area contributed by atoms with Crippen molar-refractivity contribution in [1.29, 1.82) is 0 Å². The summed E-state index contributed by atoms with van der Waals surface area (Å²) in [4.78, 5) is 0. The molecule has 1 aromatic rings. The summed E-state index contributed by atoms with van der Waals surface area (Å²) in [6.07, 6.45) is 0. The molecule has 2 nitrogen and oxygen atoms in total. The van der Waals surface area contributed by atoms with Crippen LogP contribution in [0.15, 0.2) is 24.3 Å². The van der Waals surface area contributed by atoms with Gasteiger partial charge in [-0.2, -0.15) is 0 Å². The average Bonchev–Trinajstić information content (AvgIpc) is 2.01. The molecule has 0 saturated carbocycles. The lowest BCUT2D eigenvalue weighted by atomic mass is 10.2. The second-order valence-corrected chi connectivity index (χ2v) is 3.58. The largest absolute Gasteiger partial charge is 0.300 e. The van der Waals surface area contributed by atoms with E-state index in [1.807, 2.05) is 31.2 Å². The van der Waals surface area contributed by atoms with Gasteiger partial charge in [-0.25, -0.2) is 0 Å². The third-order valence-electron chi connectivity index (χ3n) is 1.33. The van der Waals surface area contributed by atoms with Gasteiger partial charge < -0.3 is 0 Å². The first-order valence-electron chi connectivity index (χ1n) is 3.50. The molecular weight excluding hydrogens is 188 g/mol. The Morgan fingerprint density at radius 2 is 2.25 bits per heavy atom. The van der Waals surface area contributed by atoms with Crippen molar-refractivity contribution < 1.29 is 0 Å². The van der Waals surface area contributed by atoms with E-state index in [0.29, 0.717) is 4.32 Å². The van der Waals surface area contributed by atoms with Crippen LogP contribution in [-0.2, 0) is 0 Å². The Kier molecular flexibility index (Phi) is 3.37. The first-order valence-corrected chi connectivity index (χ1v) is 4.35. The Bertz CT molecular complexity index is 286. The van der Waals surface area contributed by atoms with E-state index in [-0.39, 0.29) is 0 Å². The van der Waals surface area contributed by atoms with E-state index in [1.165, 1.54) is 5.56 Å². The van der Waals surface area contributed by atoms with Crippen LogP contribution in [-0.4, -0.2) is 4.32 Å². The molecule has 0 fully saturated rings. The zero-order valence-corrected chi connectivity index (χ0v) is 8.38. The highest BCUT2D eigenvalue weighted by molar-refractivity contribution is 8.11. The van der Waals surface area contributed by atoms with E-state index in [4.69, 9.17) is 12.2 Å². The number of hydrogen-bond acceptors (Lipinski definition) is 2. The van der Waals surface area contributed by atoms with Crippen LogP contribution in [0.4, 0.5) is 5.69 Å². The maximum Gasteiger partial charge on any atom is 0.149 e. The second kappa shape index (κ2) is 4.33. The molecule has 4 heteroatoms. The number of thiol groups is 1. The van der Waals surface area contributed by atoms with Gasteiger partial charge in [0, 0.05) is 0 Å². The van der Waals surface area contributed by atoms with Gasteiger partial charge in [-0.1, -0.05) is 24.4 Å². The predicted octanol–water partition coefficient (Wildman–Crippen LogP) is 2.13. The van der Waals surface area contributed by atoms with Gasteiger partial charge in [0.05, 0.1) is 5.69 Å². The maximum atomic E-state index is 4.72. The van der Waals surface area contributed by atoms with E-state index in [0.717, 1.165) is 5.69 Å². The molecular formula is C8H10N2S2. The van der Waals surface area contributed by atoms with Crippen LogP contribution in [0.3, 0.4) is 0 Å². The fraction of sp³-hybridized carbons (Fsp3) is 0.125. The Hall–Kier alpha value is -0.740. The second-order valence-electron chi connectivity index (χ2n) is 2.42. The van der Waals surface area contributed by atoms with Crippen LogP contribution in [0.2, 0.25) is 0 Å². The Morgan fingerprint density at radius 3 is 2.83 bits per heavy atom. The summed E-state index contributed by atoms with van der Waals surface area (Å²) in [5.41, 5.74) is 7.83. The molecule has 64 valence electrons. The highest BCUT2D eigenvalue weighted by Crippen LogP contribution is 2.07. The molecule has 0 spiro atoms. The van der Waals surface area contributed by atoms with Gasteiger partial charge in [-0.15, -0.1) is 12.6 Å². The van der Waals surface area contributed by atoms with Crippen LogP contribution >= 0.6 is 24.8 Å². The van der Waals surface area contributed by atoms with E-state index in [2.05, 4.69) is 23.5 Å². The van der Waals surface area contributed by atoms with Crippen LogP contribution in [0.1, 0.15) is 5.56 Å². The van der Waals surface area contributed by atoms with Crippen LogP contribution in [0.5, 0.6) is 0 Å². The zero-order chi connectivity index (χ0) is 8.97. The van der Waals surface area contributed by atoms with Crippen molar-refractivity contribution in [3.63, 3.8) is 0 Å². The summed E-state index contributed by atoms with van der Waals surface area (Å²) < 4.78 is 0.427. The summed E-state index contributed by atoms with van der Waals surface area (Å²) in [7, 11) is 0. The average molecular weight is 198 g/mol. The fourth-order valence-corrected chi connectivity index (χ4v) is 0.955. The smallest absolute Gasteiger partial charge is 0.149 e. The number of benzene rings is 1. The molecule has 0 aliphatic heterocycles. The zero-order valence-electron chi connectivity index (χ0n) is 6.66. The lowest BCUT2D eigenvalue weighted by molar-refractivity contribution is 1.16. The number of rotatable bonds is 2. The highest BCUT2D eigenvalue weighted by atomic mass is 32.1. The van der Waals surface area contributed by atoms with Crippen LogP contribution in [0.25, 0.3) is 0 Å². The molecule has 12 heavy (non-hydrogen) atoms. The molecule has 0 amide bonds. The monoisotopic (exact) mass is 198 g/mol. The van der Waals surface area contributed by atoms with Crippen molar-refractivity contribution in [2.24, 2.45) is 0 Å². The Morgan fingerprint density at radius 1 is 1.50 bits per heavy atom. The van der Waals surface area contributed by atoms with E-state index in [9.17, 15) is 0 Å². The number of aryl methyl sites for hydroxylation is 1. The number of nitrogens with one attached hydrogen (secondary N) is 2. The molecule has 0 aliphatic rings. The van der Waals surface area contributed by atoms with E-state index >= 15 is 0 Å². The van der Waals surface area contributed by atoms with Gasteiger partial charge in [0.2, 0.25) is 0 Å². The van der Waals surface area contributed by atoms with E-state index < -0.39 is 0 Å². The molecule has 0 atom stereocenters. The molecule has 0 aromatic heterocycles. The molecule has 0 saturated heterocycles. The topological polar surface area (TPSA) is 24.1 Å². The van der Waals surface area contributed by atoms with E-state index in [1.54, 1.807) is 0 Å². The molecule has 0 aliphatic carbocycles. The highest BCUT2D eigenvalue weighted by Gasteiger charge is 1.90. The minimum Gasteiger partial charge on any atom is -0.300 e. The Labute approximate surface area is 82.7 Å². The SMILES string of the molecule is Cc1cccc(NNC(=S)S)c1. The first-order chi connectivity index (χ1) is 5.68. The number of thiocarbonyl (C=S) groups is 1. The molecule has 2 N–H and O–H groups in total. The molecule has 1 aromatic carbocycles. The normalized spacial score (nSPS) is 9.17. The number of anilines is 1. The lowest BCUT2D eigenvalue weighted by Crippen LogP contribution is -2.23. The molecule has 0 heterocycles. The molecule has 0 unspecified atom stereocenters. The minimum absolute atomic E-state index is 0.427. The van der Waals surface area contributed by atoms with Crippen molar-refractivity contribution >= 4 is 34.9 Å². The lowest BCUT2D eigenvalue weighted by Gasteiger charge is -2.07. The third-order valence-corrected chi connectivity index (χ3v) is 1.55. The van der Waals surface area contributed by atoms with Crippen molar-refractivity contribution in [3.05, 3.63) is 29.8 Å². The summed E-state index contributed by atoms with van der Waals surface area (Å²) in [5.74, 6) is 0. The molecule has 1 rings (SSSR count). The van der Waals surface area contributed by atoms with Gasteiger partial charge in [0.1, 0.15) is 4.32 Å². The third kappa shape index (κ3) is 3.11. The van der Waals surface area contributed by atoms with Crippen molar-refractivity contribution in [2.45, 2.75) is 6.92 Å². The van der Waals surface area contributed by atoms with Gasteiger partial charge in [-0.3, -0.25) is 10.9 Å². The predicted molar refractivity (Wildman–Crippen MR) is 59.5 cm³/mol. The summed E-state index contributed by atoms with van der Waals surface area (Å²) in [5, 5.41) is 0. The summed E-state index contributed by atoms with van der Waals surface area (Å²) in [6.45, 7) is 2.03. The molecule has 0 bridgehead atoms. The maximum absolute atomic E-state index is 4.72. The van der Waals surface area contributed by atoms with Crippen molar-refractivity contribution in [1.82, 2.24) is 5.43 Å². The number of hydrazine groups is 1. The number of hydrogen-bond donors (Lipinski definition) is 3. The van der Waals surface area contributed by atoms with Gasteiger partial charge in [0.25, 0.3) is 0 Å². The minimum atomic E-state index is 0.427. The Balaban J connectivity index is 2.57. The summed E-state index contributed by atoms with van der Waals surface area (Å²) >= 11 is 8.63. The molecule has 0 radical (unpaired) electrons. The first kappa shape index (κ1) is 9.35. The fourth-order valence-electron chi connectivity index (χ4n) is 0.848. The standard InChI is InChI=1S/C8H10N2S2/c1-6-3-2-4-7(5-6)9-10-8(11)12/h2-5,9H,1H3,(H2,10,11,12). The van der Waals surface area contributed by atoms with Gasteiger partial charge >= 0.3 is 0 Å².